The molecule has 138 valence electrons. The Bertz CT molecular complexity index is 859. The maximum atomic E-state index is 5.37. The molecular weight excluding hydrogens is 328 g/mol. The number of hydrogen-bond acceptors (Lipinski definition) is 1. The normalized spacial score (nSPS) is 11.9. The highest BCUT2D eigenvalue weighted by molar-refractivity contribution is 5.72. The molecule has 0 radical (unpaired) electrons. The van der Waals surface area contributed by atoms with E-state index >= 15 is 0 Å². The predicted octanol–water partition coefficient (Wildman–Crippen LogP) is 7.02. The van der Waals surface area contributed by atoms with Crippen LogP contribution in [-0.2, 0) is 11.2 Å². The molecule has 27 heavy (non-hydrogen) atoms. The summed E-state index contributed by atoms with van der Waals surface area (Å²) in [5.74, 6) is 0. The van der Waals surface area contributed by atoms with E-state index in [9.17, 15) is 0 Å². The minimum atomic E-state index is 0.323. The molecule has 0 N–H and O–H groups in total. The summed E-state index contributed by atoms with van der Waals surface area (Å²) in [6.07, 6.45) is 5.50. The monoisotopic (exact) mass is 356 g/mol. The minimum Gasteiger partial charge on any atom is -0.382 e. The molecule has 0 bridgehead atoms. The van der Waals surface area contributed by atoms with Crippen molar-refractivity contribution >= 4 is 6.08 Å². The average Bonchev–Trinajstić information content (AvgIpc) is 2.74. The average molecular weight is 357 g/mol. The lowest BCUT2D eigenvalue weighted by molar-refractivity contribution is 0.109. The Morgan fingerprint density at radius 2 is 1.44 bits per heavy atom. The zero-order valence-electron chi connectivity index (χ0n) is 16.3. The van der Waals surface area contributed by atoms with Crippen molar-refractivity contribution in [3.05, 3.63) is 90.5 Å². The SMILES string of the molecule is C=Cc1ccc(-c2ccc(-c3ccccc3CCCC(C)OC)cc2)cc1. The van der Waals surface area contributed by atoms with Gasteiger partial charge in [-0.05, 0) is 59.6 Å². The predicted molar refractivity (Wildman–Crippen MR) is 117 cm³/mol. The molecule has 1 unspecified atom stereocenters. The van der Waals surface area contributed by atoms with Crippen molar-refractivity contribution in [2.45, 2.75) is 32.3 Å². The first-order chi connectivity index (χ1) is 13.2. The summed E-state index contributed by atoms with van der Waals surface area (Å²) in [6, 6.07) is 26.1. The zero-order valence-corrected chi connectivity index (χ0v) is 16.3. The van der Waals surface area contributed by atoms with Gasteiger partial charge >= 0.3 is 0 Å². The van der Waals surface area contributed by atoms with Crippen molar-refractivity contribution in [2.24, 2.45) is 0 Å². The van der Waals surface area contributed by atoms with Gasteiger partial charge in [-0.15, -0.1) is 0 Å². The third-order valence-electron chi connectivity index (χ3n) is 5.15. The van der Waals surface area contributed by atoms with Crippen LogP contribution in [0.2, 0.25) is 0 Å². The highest BCUT2D eigenvalue weighted by atomic mass is 16.5. The Morgan fingerprint density at radius 3 is 2.07 bits per heavy atom. The fraction of sp³-hybridized carbons (Fsp3) is 0.231. The molecule has 0 aliphatic rings. The molecule has 0 heterocycles. The van der Waals surface area contributed by atoms with Crippen molar-refractivity contribution < 1.29 is 4.74 Å². The van der Waals surface area contributed by atoms with Crippen molar-refractivity contribution in [3.63, 3.8) is 0 Å². The van der Waals surface area contributed by atoms with Gasteiger partial charge in [0.1, 0.15) is 0 Å². The summed E-state index contributed by atoms with van der Waals surface area (Å²) in [5.41, 5.74) is 7.62. The standard InChI is InChI=1S/C26H28O/c1-4-21-12-14-22(15-13-21)23-16-18-25(19-17-23)26-11-6-5-9-24(26)10-7-8-20(2)27-3/h4-6,9,11-20H,1,7-8,10H2,2-3H3. The lowest BCUT2D eigenvalue weighted by Crippen LogP contribution is -2.04. The molecule has 0 amide bonds. The van der Waals surface area contributed by atoms with Gasteiger partial charge in [0.15, 0.2) is 0 Å². The first-order valence-corrected chi connectivity index (χ1v) is 9.65. The molecule has 1 atom stereocenters. The smallest absolute Gasteiger partial charge is 0.0543 e. The Hall–Kier alpha value is -2.64. The summed E-state index contributed by atoms with van der Waals surface area (Å²) < 4.78 is 5.37. The number of ether oxygens (including phenoxy) is 1. The molecule has 3 rings (SSSR count). The van der Waals surface area contributed by atoms with Crippen molar-refractivity contribution in [1.29, 1.82) is 0 Å². The van der Waals surface area contributed by atoms with Gasteiger partial charge in [-0.1, -0.05) is 85.5 Å². The van der Waals surface area contributed by atoms with Gasteiger partial charge < -0.3 is 4.74 Å². The lowest BCUT2D eigenvalue weighted by Gasteiger charge is -2.12. The number of methoxy groups -OCH3 is 1. The molecule has 0 saturated carbocycles. The Kier molecular flexibility index (Phi) is 6.62. The topological polar surface area (TPSA) is 9.23 Å². The van der Waals surface area contributed by atoms with Gasteiger partial charge in [0.2, 0.25) is 0 Å². The first kappa shape index (κ1) is 19.1. The largest absolute Gasteiger partial charge is 0.382 e. The van der Waals surface area contributed by atoms with E-state index in [-0.39, 0.29) is 0 Å². The highest BCUT2D eigenvalue weighted by Gasteiger charge is 2.07. The van der Waals surface area contributed by atoms with Crippen LogP contribution in [0.3, 0.4) is 0 Å². The molecule has 3 aromatic carbocycles. The molecule has 0 fully saturated rings. The van der Waals surface area contributed by atoms with E-state index in [0.29, 0.717) is 6.10 Å². The maximum Gasteiger partial charge on any atom is 0.0543 e. The van der Waals surface area contributed by atoms with Crippen LogP contribution in [0.25, 0.3) is 28.3 Å². The first-order valence-electron chi connectivity index (χ1n) is 9.65. The molecule has 0 aliphatic heterocycles. The van der Waals surface area contributed by atoms with Crippen molar-refractivity contribution in [3.8, 4) is 22.3 Å². The molecule has 0 aliphatic carbocycles. The summed E-state index contributed by atoms with van der Waals surface area (Å²) >= 11 is 0. The van der Waals surface area contributed by atoms with E-state index in [0.717, 1.165) is 24.8 Å². The molecular formula is C26H28O. The third-order valence-corrected chi connectivity index (χ3v) is 5.15. The van der Waals surface area contributed by atoms with Crippen LogP contribution >= 0.6 is 0 Å². The number of rotatable bonds is 8. The van der Waals surface area contributed by atoms with Crippen LogP contribution in [0.4, 0.5) is 0 Å². The van der Waals surface area contributed by atoms with Gasteiger partial charge in [-0.25, -0.2) is 0 Å². The van der Waals surface area contributed by atoms with Crippen molar-refractivity contribution in [1.82, 2.24) is 0 Å². The Balaban J connectivity index is 1.77. The molecule has 1 nitrogen and oxygen atoms in total. The second kappa shape index (κ2) is 9.34. The van der Waals surface area contributed by atoms with E-state index in [4.69, 9.17) is 4.74 Å². The van der Waals surface area contributed by atoms with E-state index in [1.807, 2.05) is 6.08 Å². The zero-order chi connectivity index (χ0) is 19.1. The number of aryl methyl sites for hydroxylation is 1. The molecule has 0 saturated heterocycles. The number of benzene rings is 3. The second-order valence-corrected chi connectivity index (χ2v) is 7.00. The molecule has 0 aromatic heterocycles. The number of hydrogen-bond donors (Lipinski definition) is 0. The van der Waals surface area contributed by atoms with Crippen molar-refractivity contribution in [2.75, 3.05) is 7.11 Å². The Labute approximate surface area is 163 Å². The fourth-order valence-corrected chi connectivity index (χ4v) is 3.37. The quantitative estimate of drug-likeness (QED) is 0.421. The van der Waals surface area contributed by atoms with Crippen LogP contribution in [0.15, 0.2) is 79.4 Å². The van der Waals surface area contributed by atoms with Crippen LogP contribution in [-0.4, -0.2) is 13.2 Å². The van der Waals surface area contributed by atoms with Gasteiger partial charge in [0.05, 0.1) is 6.10 Å². The lowest BCUT2D eigenvalue weighted by atomic mass is 9.94. The van der Waals surface area contributed by atoms with Gasteiger partial charge in [0.25, 0.3) is 0 Å². The van der Waals surface area contributed by atoms with E-state index in [1.165, 1.54) is 27.8 Å². The summed E-state index contributed by atoms with van der Waals surface area (Å²) in [7, 11) is 1.78. The summed E-state index contributed by atoms with van der Waals surface area (Å²) in [6.45, 7) is 5.95. The van der Waals surface area contributed by atoms with Gasteiger partial charge in [-0.2, -0.15) is 0 Å². The maximum absolute atomic E-state index is 5.37. The van der Waals surface area contributed by atoms with E-state index in [1.54, 1.807) is 7.11 Å². The van der Waals surface area contributed by atoms with Gasteiger partial charge in [0, 0.05) is 7.11 Å². The van der Waals surface area contributed by atoms with Crippen LogP contribution < -0.4 is 0 Å². The molecule has 0 spiro atoms. The van der Waals surface area contributed by atoms with Gasteiger partial charge in [-0.3, -0.25) is 0 Å². The highest BCUT2D eigenvalue weighted by Crippen LogP contribution is 2.28. The summed E-state index contributed by atoms with van der Waals surface area (Å²) in [5, 5.41) is 0. The minimum absolute atomic E-state index is 0.323. The molecule has 3 aromatic rings. The third kappa shape index (κ3) is 4.96. The summed E-state index contributed by atoms with van der Waals surface area (Å²) in [4.78, 5) is 0. The molecule has 1 heteroatoms. The Morgan fingerprint density at radius 1 is 0.852 bits per heavy atom. The second-order valence-electron chi connectivity index (χ2n) is 7.00. The van der Waals surface area contributed by atoms with E-state index < -0.39 is 0 Å². The van der Waals surface area contributed by atoms with Crippen LogP contribution in [0, 0.1) is 0 Å². The van der Waals surface area contributed by atoms with E-state index in [2.05, 4.69) is 86.3 Å². The fourth-order valence-electron chi connectivity index (χ4n) is 3.37. The van der Waals surface area contributed by atoms with Crippen LogP contribution in [0.1, 0.15) is 30.9 Å². The van der Waals surface area contributed by atoms with Crippen LogP contribution in [0.5, 0.6) is 0 Å².